The van der Waals surface area contributed by atoms with Gasteiger partial charge in [-0.2, -0.15) is 0 Å². The number of carboxylic acids is 1. The first-order valence-corrected chi connectivity index (χ1v) is 3.56. The van der Waals surface area contributed by atoms with E-state index >= 15 is 0 Å². The molecule has 0 rings (SSSR count). The standard InChI is InChI=1S/C4H9NO2Se.ClH/c1-5-3(2-8)4(6)7;/h3,5,8H,2H2,1H3,(H,6,7);1H. The van der Waals surface area contributed by atoms with Crippen molar-refractivity contribution in [3.05, 3.63) is 0 Å². The SMILES string of the molecule is CNC(C[SeH])C(=O)O.Cl. The van der Waals surface area contributed by atoms with Crippen molar-refractivity contribution in [2.75, 3.05) is 7.05 Å². The summed E-state index contributed by atoms with van der Waals surface area (Å²) in [5.41, 5.74) is 0. The van der Waals surface area contributed by atoms with E-state index in [1.165, 1.54) is 0 Å². The minimum atomic E-state index is -0.798. The normalized spacial score (nSPS) is 11.8. The third-order valence-electron chi connectivity index (χ3n) is 0.829. The van der Waals surface area contributed by atoms with Gasteiger partial charge in [0.05, 0.1) is 0 Å². The Labute approximate surface area is 68.4 Å². The van der Waals surface area contributed by atoms with E-state index in [4.69, 9.17) is 5.11 Å². The van der Waals surface area contributed by atoms with Gasteiger partial charge in [-0.25, -0.2) is 0 Å². The van der Waals surface area contributed by atoms with Crippen molar-refractivity contribution in [1.82, 2.24) is 5.32 Å². The van der Waals surface area contributed by atoms with E-state index in [1.54, 1.807) is 7.05 Å². The zero-order valence-electron chi connectivity index (χ0n) is 5.00. The Kier molecular flexibility index (Phi) is 8.46. The first-order valence-electron chi connectivity index (χ1n) is 2.23. The van der Waals surface area contributed by atoms with Crippen molar-refractivity contribution in [2.45, 2.75) is 11.4 Å². The Balaban J connectivity index is 0. The van der Waals surface area contributed by atoms with Crippen LogP contribution in [0.15, 0.2) is 0 Å². The Morgan fingerprint density at radius 3 is 2.33 bits per heavy atom. The fraction of sp³-hybridized carbons (Fsp3) is 0.750. The number of hydrogen-bond donors (Lipinski definition) is 2. The molecule has 0 aliphatic heterocycles. The molecule has 1 unspecified atom stereocenters. The Hall–Kier alpha value is 0.239. The summed E-state index contributed by atoms with van der Waals surface area (Å²) >= 11 is 2.23. The third kappa shape index (κ3) is 4.72. The van der Waals surface area contributed by atoms with Crippen LogP contribution in [0.5, 0.6) is 0 Å². The first-order chi connectivity index (χ1) is 3.72. The quantitative estimate of drug-likeness (QED) is 0.622. The molecule has 0 aliphatic rings. The summed E-state index contributed by atoms with van der Waals surface area (Å²) < 4.78 is 0. The summed E-state index contributed by atoms with van der Waals surface area (Å²) in [4.78, 5) is 10.1. The molecule has 0 aromatic carbocycles. The topological polar surface area (TPSA) is 49.3 Å². The number of halogens is 1. The maximum atomic E-state index is 10.1. The van der Waals surface area contributed by atoms with E-state index < -0.39 is 12.0 Å². The van der Waals surface area contributed by atoms with Gasteiger partial charge in [-0.15, -0.1) is 12.4 Å². The average Bonchev–Trinajstić information content (AvgIpc) is 1.69. The van der Waals surface area contributed by atoms with Gasteiger partial charge in [0, 0.05) is 0 Å². The molecule has 0 amide bonds. The largest absolute Gasteiger partial charge is 0.147 e. The van der Waals surface area contributed by atoms with Crippen molar-refractivity contribution >= 4 is 34.4 Å². The van der Waals surface area contributed by atoms with Crippen molar-refractivity contribution in [2.24, 2.45) is 0 Å². The van der Waals surface area contributed by atoms with Crippen LogP contribution in [0.3, 0.4) is 0 Å². The maximum Gasteiger partial charge on any atom is -0.147 e. The molecule has 9 heavy (non-hydrogen) atoms. The number of likely N-dealkylation sites (N-methyl/N-ethyl adjacent to an activating group) is 1. The van der Waals surface area contributed by atoms with E-state index in [0.717, 1.165) is 0 Å². The van der Waals surface area contributed by atoms with Crippen molar-refractivity contribution < 1.29 is 9.90 Å². The Bertz CT molecular complexity index is 86.6. The molecular weight excluding hydrogens is 208 g/mol. The molecular formula is C4H10ClNO2Se. The van der Waals surface area contributed by atoms with Crippen molar-refractivity contribution in [1.29, 1.82) is 0 Å². The first kappa shape index (κ1) is 12.0. The van der Waals surface area contributed by atoms with Crippen molar-refractivity contribution in [3.8, 4) is 0 Å². The van der Waals surface area contributed by atoms with E-state index in [-0.39, 0.29) is 12.4 Å². The zero-order valence-corrected chi connectivity index (χ0v) is 7.69. The zero-order chi connectivity index (χ0) is 6.57. The van der Waals surface area contributed by atoms with Gasteiger partial charge in [-0.1, -0.05) is 0 Å². The number of nitrogens with one attached hydrogen (secondary N) is 1. The molecule has 0 aromatic heterocycles. The molecule has 0 fully saturated rings. The molecule has 0 aliphatic carbocycles. The van der Waals surface area contributed by atoms with Crippen LogP contribution in [0, 0.1) is 0 Å². The maximum absolute atomic E-state index is 10.1. The monoisotopic (exact) mass is 219 g/mol. The van der Waals surface area contributed by atoms with Crippen molar-refractivity contribution in [3.63, 3.8) is 0 Å². The second kappa shape index (κ2) is 6.36. The summed E-state index contributed by atoms with van der Waals surface area (Å²) in [5.74, 6) is -0.798. The fourth-order valence-electron chi connectivity index (χ4n) is 0.293. The minimum absolute atomic E-state index is 0. The number of hydrogen-bond acceptors (Lipinski definition) is 2. The number of carboxylic acid groups (broad SMARTS) is 1. The molecule has 0 radical (unpaired) electrons. The number of aliphatic carboxylic acids is 1. The van der Waals surface area contributed by atoms with Gasteiger partial charge in [0.25, 0.3) is 0 Å². The van der Waals surface area contributed by atoms with Gasteiger partial charge in [0.1, 0.15) is 0 Å². The average molecular weight is 219 g/mol. The van der Waals surface area contributed by atoms with Crippen LogP contribution >= 0.6 is 12.4 Å². The molecule has 56 valence electrons. The number of carbonyl (C=O) groups is 1. The molecule has 2 N–H and O–H groups in total. The Morgan fingerprint density at radius 1 is 1.89 bits per heavy atom. The summed E-state index contributed by atoms with van der Waals surface area (Å²) in [7, 11) is 1.63. The summed E-state index contributed by atoms with van der Waals surface area (Å²) in [6.45, 7) is 0. The molecule has 0 saturated carbocycles. The van der Waals surface area contributed by atoms with E-state index in [0.29, 0.717) is 5.32 Å². The van der Waals surface area contributed by atoms with Gasteiger partial charge < -0.3 is 0 Å². The van der Waals surface area contributed by atoms with Crippen LogP contribution in [-0.4, -0.2) is 40.2 Å². The minimum Gasteiger partial charge on any atom is -0.147 e. The van der Waals surface area contributed by atoms with E-state index in [1.807, 2.05) is 0 Å². The molecule has 0 saturated heterocycles. The van der Waals surface area contributed by atoms with E-state index in [9.17, 15) is 4.79 Å². The van der Waals surface area contributed by atoms with Crippen LogP contribution in [0.1, 0.15) is 0 Å². The molecule has 1 atom stereocenters. The predicted octanol–water partition coefficient (Wildman–Crippen LogP) is -0.600. The second-order valence-electron chi connectivity index (χ2n) is 1.36. The second-order valence-corrected chi connectivity index (χ2v) is 2.13. The summed E-state index contributed by atoms with van der Waals surface area (Å²) in [5, 5.41) is 11.5. The van der Waals surface area contributed by atoms with E-state index in [2.05, 4.69) is 21.3 Å². The molecule has 0 spiro atoms. The van der Waals surface area contributed by atoms with Gasteiger partial charge in [-0.3, -0.25) is 0 Å². The predicted molar refractivity (Wildman–Crippen MR) is 39.7 cm³/mol. The molecule has 5 heteroatoms. The molecule has 0 bridgehead atoms. The number of rotatable bonds is 3. The third-order valence-corrected chi connectivity index (χ3v) is 1.60. The summed E-state index contributed by atoms with van der Waals surface area (Å²) in [6.07, 6.45) is 0. The van der Waals surface area contributed by atoms with Gasteiger partial charge in [0.15, 0.2) is 0 Å². The van der Waals surface area contributed by atoms with Gasteiger partial charge in [0.2, 0.25) is 0 Å². The van der Waals surface area contributed by atoms with Crippen LogP contribution in [0.2, 0.25) is 5.32 Å². The Morgan fingerprint density at radius 2 is 2.33 bits per heavy atom. The molecule has 0 heterocycles. The summed E-state index contributed by atoms with van der Waals surface area (Å²) in [6, 6.07) is -0.407. The van der Waals surface area contributed by atoms with Crippen LogP contribution in [-0.2, 0) is 4.79 Å². The van der Waals surface area contributed by atoms with Gasteiger partial charge >= 0.3 is 55.6 Å². The molecule has 0 aromatic rings. The van der Waals surface area contributed by atoms with Crippen LogP contribution < -0.4 is 5.32 Å². The smallest absolute Gasteiger partial charge is 0.147 e. The van der Waals surface area contributed by atoms with Crippen LogP contribution in [0.25, 0.3) is 0 Å². The fourth-order valence-corrected chi connectivity index (χ4v) is 1.00. The van der Waals surface area contributed by atoms with Gasteiger partial charge in [-0.05, 0) is 0 Å². The van der Waals surface area contributed by atoms with Crippen LogP contribution in [0.4, 0.5) is 0 Å². The molecule has 3 nitrogen and oxygen atoms in total.